The molecule has 1 amide bonds. The van der Waals surface area contributed by atoms with Crippen LogP contribution in [0.15, 0.2) is 18.5 Å². The minimum atomic E-state index is -3.98. The molecule has 0 spiro atoms. The maximum atomic E-state index is 12.0. The van der Waals surface area contributed by atoms with E-state index in [9.17, 15) is 13.2 Å². The Morgan fingerprint density at radius 1 is 1.16 bits per heavy atom. The number of nitrogens with one attached hydrogen (secondary N) is 2. The molecular weight excluding hydrogens is 438 g/mol. The molecule has 0 aliphatic carbocycles. The van der Waals surface area contributed by atoms with Gasteiger partial charge in [0.25, 0.3) is 0 Å². The highest BCUT2D eigenvalue weighted by Crippen LogP contribution is 2.36. The predicted molar refractivity (Wildman–Crippen MR) is 119 cm³/mol. The molecule has 0 bridgehead atoms. The van der Waals surface area contributed by atoms with Gasteiger partial charge in [0, 0.05) is 31.1 Å². The van der Waals surface area contributed by atoms with Gasteiger partial charge in [0.1, 0.15) is 17.7 Å². The molecular formula is C20H29N5O6S. The number of anilines is 1. The molecule has 2 N–H and O–H groups in total. The second-order valence-corrected chi connectivity index (χ2v) is 9.98. The fraction of sp³-hybridized carbons (Fsp3) is 0.550. The summed E-state index contributed by atoms with van der Waals surface area (Å²) in [5.74, 6) is 2.27. The van der Waals surface area contributed by atoms with Crippen molar-refractivity contribution in [2.75, 3.05) is 38.8 Å². The van der Waals surface area contributed by atoms with Crippen LogP contribution in [0.5, 0.6) is 11.5 Å². The second kappa shape index (κ2) is 9.33. The Kier molecular flexibility index (Phi) is 6.94. The first-order valence-corrected chi connectivity index (χ1v) is 11.6. The topological polar surface area (TPSA) is 132 Å². The number of amides is 1. The number of carbonyl (C=O) groups excluding carboxylic acids is 1. The Bertz CT molecular complexity index is 1080. The van der Waals surface area contributed by atoms with Crippen molar-refractivity contribution in [2.24, 2.45) is 5.92 Å². The van der Waals surface area contributed by atoms with Crippen molar-refractivity contribution >= 4 is 33.0 Å². The quantitative estimate of drug-likeness (QED) is 0.597. The fourth-order valence-electron chi connectivity index (χ4n) is 3.39. The van der Waals surface area contributed by atoms with Crippen molar-refractivity contribution in [1.29, 1.82) is 0 Å². The fourth-order valence-corrected chi connectivity index (χ4v) is 4.11. The molecule has 1 fully saturated rings. The van der Waals surface area contributed by atoms with Crippen LogP contribution in [0.4, 0.5) is 10.6 Å². The number of carbonyl (C=O) groups is 1. The summed E-state index contributed by atoms with van der Waals surface area (Å²) in [5.41, 5.74) is -0.0351. The maximum absolute atomic E-state index is 12.0. The summed E-state index contributed by atoms with van der Waals surface area (Å²) in [4.78, 5) is 22.5. The van der Waals surface area contributed by atoms with Gasteiger partial charge in [-0.05, 0) is 39.2 Å². The summed E-state index contributed by atoms with van der Waals surface area (Å²) < 4.78 is 43.9. The average Bonchev–Trinajstić information content (AvgIpc) is 2.66. The lowest BCUT2D eigenvalue weighted by atomic mass is 9.96. The van der Waals surface area contributed by atoms with E-state index in [4.69, 9.17) is 14.2 Å². The van der Waals surface area contributed by atoms with E-state index in [1.807, 2.05) is 16.9 Å². The van der Waals surface area contributed by atoms with Gasteiger partial charge in [0.05, 0.1) is 19.7 Å². The SMILES string of the molecule is COc1cc2ncnc(N3CC(CCNS(=O)(=O)NC(=O)OC(C)(C)C)C3)c2cc1OC. The average molecular weight is 468 g/mol. The van der Waals surface area contributed by atoms with E-state index in [0.717, 1.165) is 29.8 Å². The lowest BCUT2D eigenvalue weighted by molar-refractivity contribution is 0.0569. The second-order valence-electron chi connectivity index (χ2n) is 8.48. The van der Waals surface area contributed by atoms with Crippen molar-refractivity contribution in [2.45, 2.75) is 32.8 Å². The first-order valence-electron chi connectivity index (χ1n) is 10.1. The van der Waals surface area contributed by atoms with Crippen LogP contribution >= 0.6 is 0 Å². The Balaban J connectivity index is 1.53. The zero-order valence-corrected chi connectivity index (χ0v) is 19.7. The molecule has 11 nitrogen and oxygen atoms in total. The smallest absolute Gasteiger partial charge is 0.422 e. The van der Waals surface area contributed by atoms with Crippen LogP contribution < -0.4 is 23.8 Å². The van der Waals surface area contributed by atoms with Crippen LogP contribution in [-0.4, -0.2) is 63.9 Å². The zero-order chi connectivity index (χ0) is 23.5. The summed E-state index contributed by atoms with van der Waals surface area (Å²) >= 11 is 0. The summed E-state index contributed by atoms with van der Waals surface area (Å²) in [6.45, 7) is 6.61. The summed E-state index contributed by atoms with van der Waals surface area (Å²) in [5, 5.41) is 0.853. The summed E-state index contributed by atoms with van der Waals surface area (Å²) in [6, 6.07) is 3.66. The molecule has 0 atom stereocenters. The standard InChI is InChI=1S/C20H29N5O6S/c1-20(2,3)31-19(26)24-32(27,28)23-7-6-13-10-25(11-13)18-14-8-16(29-4)17(30-5)9-15(14)21-12-22-18/h8-9,12-13,23H,6-7,10-11H2,1-5H3,(H,24,26). The number of rotatable bonds is 8. The molecule has 1 aliphatic rings. The molecule has 12 heteroatoms. The maximum Gasteiger partial charge on any atom is 0.422 e. The first-order chi connectivity index (χ1) is 15.0. The predicted octanol–water partition coefficient (Wildman–Crippen LogP) is 1.83. The van der Waals surface area contributed by atoms with Crippen molar-refractivity contribution < 1.29 is 27.4 Å². The molecule has 1 aliphatic heterocycles. The lowest BCUT2D eigenvalue weighted by Gasteiger charge is -2.40. The number of ether oxygens (including phenoxy) is 3. The highest BCUT2D eigenvalue weighted by atomic mass is 32.2. The molecule has 0 unspecified atom stereocenters. The number of fused-ring (bicyclic) bond motifs is 1. The molecule has 0 radical (unpaired) electrons. The number of hydrogen-bond acceptors (Lipinski definition) is 9. The Morgan fingerprint density at radius 2 is 1.81 bits per heavy atom. The molecule has 1 aromatic heterocycles. The molecule has 32 heavy (non-hydrogen) atoms. The van der Waals surface area contributed by atoms with Crippen molar-refractivity contribution in [1.82, 2.24) is 19.4 Å². The summed E-state index contributed by atoms with van der Waals surface area (Å²) in [6.07, 6.45) is 1.11. The van der Waals surface area contributed by atoms with Crippen LogP contribution in [0.2, 0.25) is 0 Å². The van der Waals surface area contributed by atoms with E-state index in [2.05, 4.69) is 19.6 Å². The Hall–Kier alpha value is -2.86. The number of methoxy groups -OCH3 is 2. The molecule has 176 valence electrons. The van der Waals surface area contributed by atoms with E-state index in [-0.39, 0.29) is 12.5 Å². The van der Waals surface area contributed by atoms with Gasteiger partial charge in [-0.2, -0.15) is 13.1 Å². The Morgan fingerprint density at radius 3 is 2.44 bits per heavy atom. The minimum absolute atomic E-state index is 0.201. The number of aromatic nitrogens is 2. The number of nitrogens with zero attached hydrogens (tertiary/aromatic N) is 3. The van der Waals surface area contributed by atoms with Crippen LogP contribution in [0.25, 0.3) is 10.9 Å². The highest BCUT2D eigenvalue weighted by molar-refractivity contribution is 7.88. The van der Waals surface area contributed by atoms with Crippen molar-refractivity contribution in [3.05, 3.63) is 18.5 Å². The number of benzene rings is 1. The minimum Gasteiger partial charge on any atom is -0.493 e. The Labute approximate surface area is 187 Å². The van der Waals surface area contributed by atoms with Gasteiger partial charge in [-0.3, -0.25) is 0 Å². The highest BCUT2D eigenvalue weighted by Gasteiger charge is 2.30. The van der Waals surface area contributed by atoms with Crippen molar-refractivity contribution in [3.8, 4) is 11.5 Å². The monoisotopic (exact) mass is 467 g/mol. The van der Waals surface area contributed by atoms with Crippen LogP contribution in [-0.2, 0) is 14.9 Å². The van der Waals surface area contributed by atoms with Gasteiger partial charge in [0.15, 0.2) is 11.5 Å². The van der Waals surface area contributed by atoms with Gasteiger partial charge in [-0.15, -0.1) is 0 Å². The molecule has 1 saturated heterocycles. The van der Waals surface area contributed by atoms with E-state index in [1.165, 1.54) is 6.33 Å². The van der Waals surface area contributed by atoms with E-state index < -0.39 is 21.9 Å². The van der Waals surface area contributed by atoms with E-state index in [0.29, 0.717) is 17.9 Å². The third-order valence-corrected chi connectivity index (χ3v) is 5.86. The van der Waals surface area contributed by atoms with Gasteiger partial charge in [-0.25, -0.2) is 19.5 Å². The van der Waals surface area contributed by atoms with Gasteiger partial charge in [-0.1, -0.05) is 0 Å². The van der Waals surface area contributed by atoms with Crippen LogP contribution in [0, 0.1) is 5.92 Å². The normalized spacial score (nSPS) is 14.7. The van der Waals surface area contributed by atoms with Crippen molar-refractivity contribution in [3.63, 3.8) is 0 Å². The molecule has 0 saturated carbocycles. The molecule has 1 aromatic carbocycles. The van der Waals surface area contributed by atoms with Crippen LogP contribution in [0.3, 0.4) is 0 Å². The third-order valence-electron chi connectivity index (χ3n) is 4.84. The molecule has 2 aromatic rings. The van der Waals surface area contributed by atoms with Gasteiger partial charge in [0.2, 0.25) is 0 Å². The summed E-state index contributed by atoms with van der Waals surface area (Å²) in [7, 11) is -0.829. The van der Waals surface area contributed by atoms with E-state index >= 15 is 0 Å². The largest absolute Gasteiger partial charge is 0.493 e. The third kappa shape index (κ3) is 5.88. The van der Waals surface area contributed by atoms with Gasteiger partial charge >= 0.3 is 16.3 Å². The molecule has 2 heterocycles. The van der Waals surface area contributed by atoms with Gasteiger partial charge < -0.3 is 19.1 Å². The van der Waals surface area contributed by atoms with E-state index in [1.54, 1.807) is 35.0 Å². The first kappa shape index (κ1) is 23.8. The zero-order valence-electron chi connectivity index (χ0n) is 18.8. The lowest BCUT2D eigenvalue weighted by Crippen LogP contribution is -2.49. The molecule has 3 rings (SSSR count). The number of hydrogen-bond donors (Lipinski definition) is 2. The van der Waals surface area contributed by atoms with Crippen LogP contribution in [0.1, 0.15) is 27.2 Å².